The van der Waals surface area contributed by atoms with Crippen molar-refractivity contribution in [2.24, 2.45) is 0 Å². The Bertz CT molecular complexity index is 166. The Morgan fingerprint density at radius 2 is 2.14 bits per heavy atom. The van der Waals surface area contributed by atoms with Gasteiger partial charge in [0.05, 0.1) is 0 Å². The summed E-state index contributed by atoms with van der Waals surface area (Å²) in [5.41, 5.74) is 0.419. The Kier molecular flexibility index (Phi) is 4.39. The first-order valence-electron chi connectivity index (χ1n) is 6.02. The lowest BCUT2D eigenvalue weighted by Crippen LogP contribution is -2.55. The summed E-state index contributed by atoms with van der Waals surface area (Å²) in [4.78, 5) is 2.65. The molecule has 0 radical (unpaired) electrons. The molecule has 0 aromatic carbocycles. The third-order valence-electron chi connectivity index (χ3n) is 3.59. The fraction of sp³-hybridized carbons (Fsp3) is 1.00. The van der Waals surface area contributed by atoms with Crippen molar-refractivity contribution in [1.29, 1.82) is 0 Å². The quantitative estimate of drug-likeness (QED) is 0.745. The van der Waals surface area contributed by atoms with Crippen molar-refractivity contribution in [3.63, 3.8) is 0 Å². The number of likely N-dealkylation sites (tertiary alicyclic amines) is 1. The van der Waals surface area contributed by atoms with E-state index in [1.165, 1.54) is 38.8 Å². The molecule has 84 valence electrons. The van der Waals surface area contributed by atoms with Crippen molar-refractivity contribution >= 4 is 0 Å². The van der Waals surface area contributed by atoms with Crippen LogP contribution in [0.2, 0.25) is 0 Å². The molecule has 1 saturated heterocycles. The summed E-state index contributed by atoms with van der Waals surface area (Å²) in [5.74, 6) is 0. The van der Waals surface area contributed by atoms with Gasteiger partial charge in [-0.2, -0.15) is 0 Å². The topological polar surface area (TPSA) is 15.3 Å². The Morgan fingerprint density at radius 1 is 1.43 bits per heavy atom. The van der Waals surface area contributed by atoms with Crippen LogP contribution in [0.3, 0.4) is 0 Å². The molecule has 1 unspecified atom stereocenters. The van der Waals surface area contributed by atoms with Crippen LogP contribution in [0.15, 0.2) is 0 Å². The average Bonchev–Trinajstić information content (AvgIpc) is 2.16. The molecule has 0 aliphatic carbocycles. The fourth-order valence-corrected chi connectivity index (χ4v) is 2.27. The molecule has 2 nitrogen and oxygen atoms in total. The highest BCUT2D eigenvalue weighted by atomic mass is 15.2. The van der Waals surface area contributed by atoms with Gasteiger partial charge in [0.25, 0.3) is 0 Å². The van der Waals surface area contributed by atoms with Crippen LogP contribution in [0.1, 0.15) is 46.5 Å². The maximum Gasteiger partial charge on any atom is 0.0192 e. The van der Waals surface area contributed by atoms with Gasteiger partial charge in [0, 0.05) is 18.1 Å². The van der Waals surface area contributed by atoms with Crippen LogP contribution in [0, 0.1) is 0 Å². The molecular weight excluding hydrogens is 172 g/mol. The Hall–Kier alpha value is -0.0800. The summed E-state index contributed by atoms with van der Waals surface area (Å²) >= 11 is 0. The van der Waals surface area contributed by atoms with Crippen LogP contribution < -0.4 is 5.32 Å². The van der Waals surface area contributed by atoms with Crippen LogP contribution in [0.4, 0.5) is 0 Å². The second-order valence-corrected chi connectivity index (χ2v) is 5.14. The first-order chi connectivity index (χ1) is 6.60. The summed E-state index contributed by atoms with van der Waals surface area (Å²) < 4.78 is 0. The normalized spacial score (nSPS) is 27.9. The molecule has 1 atom stereocenters. The molecule has 1 heterocycles. The highest BCUT2D eigenvalue weighted by molar-refractivity contribution is 4.90. The van der Waals surface area contributed by atoms with E-state index in [1.54, 1.807) is 0 Å². The summed E-state index contributed by atoms with van der Waals surface area (Å²) in [6.07, 6.45) is 5.28. The van der Waals surface area contributed by atoms with Gasteiger partial charge in [-0.05, 0) is 46.7 Å². The largest absolute Gasteiger partial charge is 0.316 e. The highest BCUT2D eigenvalue weighted by Crippen LogP contribution is 2.27. The smallest absolute Gasteiger partial charge is 0.0192 e. The number of rotatable bonds is 4. The van der Waals surface area contributed by atoms with Crippen LogP contribution >= 0.6 is 0 Å². The van der Waals surface area contributed by atoms with Crippen LogP contribution in [-0.2, 0) is 0 Å². The zero-order chi connectivity index (χ0) is 10.6. The van der Waals surface area contributed by atoms with Crippen molar-refractivity contribution in [1.82, 2.24) is 10.2 Å². The lowest BCUT2D eigenvalue weighted by atomic mass is 9.88. The molecule has 1 rings (SSSR count). The summed E-state index contributed by atoms with van der Waals surface area (Å²) in [6, 6.07) is 0.708. The Labute approximate surface area is 89.1 Å². The monoisotopic (exact) mass is 198 g/mol. The van der Waals surface area contributed by atoms with E-state index in [0.29, 0.717) is 11.6 Å². The first kappa shape index (κ1) is 12.0. The molecule has 0 saturated carbocycles. The molecule has 0 spiro atoms. The van der Waals surface area contributed by atoms with Crippen molar-refractivity contribution < 1.29 is 0 Å². The number of piperidine rings is 1. The standard InChI is InChI=1S/C12H26N2/c1-5-6-9-14-10-11(13-4)7-8-12(14,2)3/h11,13H,5-10H2,1-4H3. The molecule has 1 N–H and O–H groups in total. The van der Waals surface area contributed by atoms with Gasteiger partial charge in [0.15, 0.2) is 0 Å². The number of unbranched alkanes of at least 4 members (excludes halogenated alkanes) is 1. The predicted octanol–water partition coefficient (Wildman–Crippen LogP) is 2.25. The molecule has 1 aliphatic heterocycles. The van der Waals surface area contributed by atoms with Crippen molar-refractivity contribution in [3.05, 3.63) is 0 Å². The van der Waals surface area contributed by atoms with Crippen molar-refractivity contribution in [2.75, 3.05) is 20.1 Å². The third kappa shape index (κ3) is 2.96. The van der Waals surface area contributed by atoms with Gasteiger partial charge in [-0.25, -0.2) is 0 Å². The van der Waals surface area contributed by atoms with Crippen molar-refractivity contribution in [3.8, 4) is 0 Å². The van der Waals surface area contributed by atoms with Gasteiger partial charge in [-0.15, -0.1) is 0 Å². The Morgan fingerprint density at radius 3 is 2.71 bits per heavy atom. The number of hydrogen-bond acceptors (Lipinski definition) is 2. The summed E-state index contributed by atoms with van der Waals surface area (Å²) in [7, 11) is 2.08. The third-order valence-corrected chi connectivity index (χ3v) is 3.59. The zero-order valence-corrected chi connectivity index (χ0v) is 10.3. The van der Waals surface area contributed by atoms with Gasteiger partial charge in [0.2, 0.25) is 0 Å². The van der Waals surface area contributed by atoms with Gasteiger partial charge in [-0.1, -0.05) is 13.3 Å². The minimum atomic E-state index is 0.419. The summed E-state index contributed by atoms with van der Waals surface area (Å²) in [6.45, 7) is 9.53. The minimum absolute atomic E-state index is 0.419. The minimum Gasteiger partial charge on any atom is -0.316 e. The molecule has 1 aliphatic rings. The molecule has 14 heavy (non-hydrogen) atoms. The van der Waals surface area contributed by atoms with E-state index < -0.39 is 0 Å². The molecule has 0 aromatic rings. The maximum atomic E-state index is 3.41. The van der Waals surface area contributed by atoms with E-state index in [-0.39, 0.29) is 0 Å². The SMILES string of the molecule is CCCCN1CC(NC)CCC1(C)C. The van der Waals surface area contributed by atoms with Gasteiger partial charge < -0.3 is 5.32 Å². The molecule has 0 amide bonds. The molecule has 2 heteroatoms. The van der Waals surface area contributed by atoms with E-state index in [1.807, 2.05) is 0 Å². The average molecular weight is 198 g/mol. The molecule has 0 aromatic heterocycles. The lowest BCUT2D eigenvalue weighted by Gasteiger charge is -2.45. The molecular formula is C12H26N2. The van der Waals surface area contributed by atoms with Crippen molar-refractivity contribution in [2.45, 2.75) is 58.0 Å². The van der Waals surface area contributed by atoms with Gasteiger partial charge >= 0.3 is 0 Å². The zero-order valence-electron chi connectivity index (χ0n) is 10.3. The van der Waals surface area contributed by atoms with Crippen LogP contribution in [0.25, 0.3) is 0 Å². The second kappa shape index (κ2) is 5.13. The number of nitrogens with one attached hydrogen (secondary N) is 1. The predicted molar refractivity (Wildman–Crippen MR) is 62.6 cm³/mol. The fourth-order valence-electron chi connectivity index (χ4n) is 2.27. The van der Waals surface area contributed by atoms with E-state index in [9.17, 15) is 0 Å². The first-order valence-corrected chi connectivity index (χ1v) is 6.02. The Balaban J connectivity index is 2.48. The van der Waals surface area contributed by atoms with E-state index >= 15 is 0 Å². The van der Waals surface area contributed by atoms with Gasteiger partial charge in [-0.3, -0.25) is 4.90 Å². The van der Waals surface area contributed by atoms with Crippen LogP contribution in [0.5, 0.6) is 0 Å². The van der Waals surface area contributed by atoms with Gasteiger partial charge in [0.1, 0.15) is 0 Å². The van der Waals surface area contributed by atoms with Crippen LogP contribution in [-0.4, -0.2) is 36.6 Å². The van der Waals surface area contributed by atoms with E-state index in [4.69, 9.17) is 0 Å². The molecule has 0 bridgehead atoms. The number of hydrogen-bond donors (Lipinski definition) is 1. The maximum absolute atomic E-state index is 3.41. The highest BCUT2D eigenvalue weighted by Gasteiger charge is 2.32. The number of likely N-dealkylation sites (N-methyl/N-ethyl adjacent to an activating group) is 1. The van der Waals surface area contributed by atoms with E-state index in [2.05, 4.69) is 38.0 Å². The summed E-state index contributed by atoms with van der Waals surface area (Å²) in [5, 5.41) is 3.41. The lowest BCUT2D eigenvalue weighted by molar-refractivity contribution is 0.0581. The van der Waals surface area contributed by atoms with E-state index in [0.717, 1.165) is 0 Å². The second-order valence-electron chi connectivity index (χ2n) is 5.14. The number of nitrogens with zero attached hydrogens (tertiary/aromatic N) is 1. The molecule has 1 fully saturated rings.